The third-order valence-electron chi connectivity index (χ3n) is 3.86. The Morgan fingerprint density at radius 2 is 2.14 bits per heavy atom. The lowest BCUT2D eigenvalue weighted by Crippen LogP contribution is -1.97. The first-order valence-corrected chi connectivity index (χ1v) is 9.00. The van der Waals surface area contributed by atoms with E-state index in [2.05, 4.69) is 11.1 Å². The van der Waals surface area contributed by atoms with E-state index in [0.717, 1.165) is 33.5 Å². The van der Waals surface area contributed by atoms with Gasteiger partial charge in [0.1, 0.15) is 6.10 Å². The molecule has 1 aromatic carbocycles. The van der Waals surface area contributed by atoms with Gasteiger partial charge in [-0.05, 0) is 41.5 Å². The molecule has 3 aromatic rings. The van der Waals surface area contributed by atoms with Gasteiger partial charge in [0.25, 0.3) is 0 Å². The number of pyridine rings is 1. The molecule has 1 aliphatic rings. The van der Waals surface area contributed by atoms with E-state index in [9.17, 15) is 5.11 Å². The molecule has 0 spiro atoms. The van der Waals surface area contributed by atoms with E-state index in [0.29, 0.717) is 0 Å². The molecule has 3 heterocycles. The first-order valence-electron chi connectivity index (χ1n) is 7.03. The predicted molar refractivity (Wildman–Crippen MR) is 90.0 cm³/mol. The molecular weight excluding hydrogens is 298 g/mol. The maximum atomic E-state index is 10.7. The van der Waals surface area contributed by atoms with Gasteiger partial charge in [-0.1, -0.05) is 18.2 Å². The molecule has 0 saturated heterocycles. The highest BCUT2D eigenvalue weighted by Gasteiger charge is 2.19. The molecule has 4 heteroatoms. The molecule has 4 rings (SSSR count). The number of benzene rings is 1. The largest absolute Gasteiger partial charge is 0.383 e. The number of aryl methyl sites for hydroxylation is 1. The Morgan fingerprint density at radius 3 is 3.05 bits per heavy atom. The molecule has 2 nitrogen and oxygen atoms in total. The second kappa shape index (κ2) is 5.44. The quantitative estimate of drug-likeness (QED) is 0.771. The van der Waals surface area contributed by atoms with Crippen molar-refractivity contribution in [1.82, 2.24) is 4.98 Å². The van der Waals surface area contributed by atoms with Gasteiger partial charge in [0.05, 0.1) is 5.52 Å². The van der Waals surface area contributed by atoms with Crippen molar-refractivity contribution < 1.29 is 5.11 Å². The minimum atomic E-state index is -0.544. The molecule has 106 valence electrons. The highest BCUT2D eigenvalue weighted by Crippen LogP contribution is 2.36. The van der Waals surface area contributed by atoms with E-state index in [1.807, 2.05) is 42.1 Å². The number of fused-ring (bicyclic) bond motifs is 2. The lowest BCUT2D eigenvalue weighted by molar-refractivity contribution is 0.224. The fourth-order valence-electron chi connectivity index (χ4n) is 2.72. The van der Waals surface area contributed by atoms with Gasteiger partial charge in [-0.15, -0.1) is 11.3 Å². The monoisotopic (exact) mass is 313 g/mol. The van der Waals surface area contributed by atoms with E-state index in [4.69, 9.17) is 0 Å². The molecule has 0 amide bonds. The summed E-state index contributed by atoms with van der Waals surface area (Å²) in [4.78, 5) is 6.87. The second-order valence-corrected chi connectivity index (χ2v) is 7.53. The number of thioether (sulfide) groups is 1. The van der Waals surface area contributed by atoms with Crippen LogP contribution in [-0.2, 0) is 12.2 Å². The summed E-state index contributed by atoms with van der Waals surface area (Å²) < 4.78 is 0. The van der Waals surface area contributed by atoms with E-state index < -0.39 is 6.10 Å². The summed E-state index contributed by atoms with van der Waals surface area (Å²) in [5, 5.41) is 11.8. The topological polar surface area (TPSA) is 33.1 Å². The van der Waals surface area contributed by atoms with E-state index in [1.165, 1.54) is 16.2 Å². The minimum absolute atomic E-state index is 0.544. The number of hydrogen-bond acceptors (Lipinski definition) is 4. The first kappa shape index (κ1) is 13.3. The third kappa shape index (κ3) is 2.48. The summed E-state index contributed by atoms with van der Waals surface area (Å²) >= 11 is 3.74. The smallest absolute Gasteiger partial charge is 0.113 e. The van der Waals surface area contributed by atoms with Crippen LogP contribution in [-0.4, -0.2) is 15.8 Å². The normalized spacial score (nSPS) is 15.9. The molecular formula is C17H15NOS2. The molecule has 0 fully saturated rings. The van der Waals surface area contributed by atoms with Gasteiger partial charge in [-0.25, -0.2) is 0 Å². The maximum absolute atomic E-state index is 10.7. The van der Waals surface area contributed by atoms with Crippen molar-refractivity contribution in [3.05, 3.63) is 63.5 Å². The summed E-state index contributed by atoms with van der Waals surface area (Å²) in [7, 11) is 0. The van der Waals surface area contributed by atoms with Crippen molar-refractivity contribution >= 4 is 34.0 Å². The van der Waals surface area contributed by atoms with E-state index in [1.54, 1.807) is 17.5 Å². The van der Waals surface area contributed by atoms with Gasteiger partial charge in [0, 0.05) is 27.1 Å². The zero-order valence-electron chi connectivity index (χ0n) is 11.5. The number of aliphatic hydroxyl groups is 1. The summed E-state index contributed by atoms with van der Waals surface area (Å²) in [5.41, 5.74) is 3.27. The zero-order valence-corrected chi connectivity index (χ0v) is 13.1. The van der Waals surface area contributed by atoms with Gasteiger partial charge in [0.15, 0.2) is 0 Å². The highest BCUT2D eigenvalue weighted by atomic mass is 32.2. The van der Waals surface area contributed by atoms with Crippen molar-refractivity contribution in [2.24, 2.45) is 0 Å². The number of hydrogen-bond donors (Lipinski definition) is 1. The predicted octanol–water partition coefficient (Wildman–Crippen LogP) is 4.17. The molecule has 0 bridgehead atoms. The van der Waals surface area contributed by atoms with E-state index >= 15 is 0 Å². The van der Waals surface area contributed by atoms with Crippen molar-refractivity contribution in [3.63, 3.8) is 0 Å². The maximum Gasteiger partial charge on any atom is 0.113 e. The summed E-state index contributed by atoms with van der Waals surface area (Å²) in [6, 6.07) is 12.2. The van der Waals surface area contributed by atoms with Crippen LogP contribution in [0.1, 0.15) is 27.0 Å². The van der Waals surface area contributed by atoms with Crippen molar-refractivity contribution in [3.8, 4) is 0 Å². The molecule has 0 aliphatic carbocycles. The van der Waals surface area contributed by atoms with Crippen molar-refractivity contribution in [2.45, 2.75) is 18.3 Å². The molecule has 1 aliphatic heterocycles. The number of rotatable bonds is 2. The average molecular weight is 313 g/mol. The number of thiophene rings is 1. The molecule has 0 saturated carbocycles. The molecule has 2 aromatic heterocycles. The molecule has 1 atom stereocenters. The van der Waals surface area contributed by atoms with Crippen LogP contribution in [0.4, 0.5) is 0 Å². The Kier molecular flexibility index (Phi) is 3.45. The molecule has 1 N–H and O–H groups in total. The summed E-state index contributed by atoms with van der Waals surface area (Å²) in [5.74, 6) is 2.28. The molecule has 21 heavy (non-hydrogen) atoms. The third-order valence-corrected chi connectivity index (χ3v) is 6.16. The lowest BCUT2D eigenvalue weighted by atomic mass is 10.0. The number of aliphatic hydroxyl groups excluding tert-OH is 1. The van der Waals surface area contributed by atoms with Gasteiger partial charge in [-0.3, -0.25) is 4.98 Å². The lowest BCUT2D eigenvalue weighted by Gasteiger charge is -2.09. The van der Waals surface area contributed by atoms with E-state index in [-0.39, 0.29) is 0 Å². The van der Waals surface area contributed by atoms with Crippen LogP contribution in [0, 0.1) is 0 Å². The average Bonchev–Trinajstić information content (AvgIpc) is 2.97. The van der Waals surface area contributed by atoms with Crippen LogP contribution in [0.25, 0.3) is 10.9 Å². The van der Waals surface area contributed by atoms with Gasteiger partial charge in [-0.2, -0.15) is 11.8 Å². The van der Waals surface area contributed by atoms with Crippen molar-refractivity contribution in [2.75, 3.05) is 5.75 Å². The Labute approximate surface area is 131 Å². The fraction of sp³-hybridized carbons (Fsp3) is 0.235. The first-order chi connectivity index (χ1) is 10.3. The Bertz CT molecular complexity index is 773. The van der Waals surface area contributed by atoms with Gasteiger partial charge in [0.2, 0.25) is 0 Å². The van der Waals surface area contributed by atoms with Crippen LogP contribution >= 0.6 is 23.1 Å². The Morgan fingerprint density at radius 1 is 1.19 bits per heavy atom. The fourth-order valence-corrected chi connectivity index (χ4v) is 5.11. The van der Waals surface area contributed by atoms with Gasteiger partial charge >= 0.3 is 0 Å². The van der Waals surface area contributed by atoms with Gasteiger partial charge < -0.3 is 5.11 Å². The summed E-state index contributed by atoms with van der Waals surface area (Å²) in [6.07, 6.45) is 2.38. The highest BCUT2D eigenvalue weighted by molar-refractivity contribution is 7.98. The van der Waals surface area contributed by atoms with Crippen LogP contribution in [0.2, 0.25) is 0 Å². The minimum Gasteiger partial charge on any atom is -0.383 e. The Balaban J connectivity index is 1.71. The molecule has 1 unspecified atom stereocenters. The Hall–Kier alpha value is -1.36. The zero-order chi connectivity index (χ0) is 14.2. The van der Waals surface area contributed by atoms with Crippen LogP contribution in [0.5, 0.6) is 0 Å². The SMILES string of the molecule is OC(c1ccc2cccnc2c1)c1cc2c(s1)CCSC2. The summed E-state index contributed by atoms with van der Waals surface area (Å²) in [6.45, 7) is 0. The van der Waals surface area contributed by atoms with Crippen molar-refractivity contribution in [1.29, 1.82) is 0 Å². The number of aromatic nitrogens is 1. The second-order valence-electron chi connectivity index (χ2n) is 5.26. The molecule has 0 radical (unpaired) electrons. The van der Waals surface area contributed by atoms with Crippen LogP contribution in [0.15, 0.2) is 42.6 Å². The standard InChI is InChI=1S/C17H15NOS2/c19-17(16-9-13-10-20-7-5-15(13)21-16)12-4-3-11-2-1-6-18-14(11)8-12/h1-4,6,8-9,17,19H,5,7,10H2. The van der Waals surface area contributed by atoms with Crippen LogP contribution in [0.3, 0.4) is 0 Å². The van der Waals surface area contributed by atoms with Crippen LogP contribution < -0.4 is 0 Å². The number of nitrogens with zero attached hydrogens (tertiary/aromatic N) is 1.